The number of carboxylic acid groups (broad SMARTS) is 1. The third-order valence-electron chi connectivity index (χ3n) is 2.10. The van der Waals surface area contributed by atoms with E-state index in [0.717, 1.165) is 17.7 Å². The molecule has 0 aliphatic carbocycles. The van der Waals surface area contributed by atoms with Crippen LogP contribution in [0.3, 0.4) is 0 Å². The highest BCUT2D eigenvalue weighted by Gasteiger charge is 2.06. The lowest BCUT2D eigenvalue weighted by Crippen LogP contribution is -2.24. The summed E-state index contributed by atoms with van der Waals surface area (Å²) in [4.78, 5) is 23.1. The second-order valence-corrected chi connectivity index (χ2v) is 3.53. The number of rotatable bonds is 4. The molecule has 90 valence electrons. The van der Waals surface area contributed by atoms with E-state index in [-0.39, 0.29) is 11.7 Å². The first kappa shape index (κ1) is 12.8. The smallest absolute Gasteiger partial charge is 0.328 e. The summed E-state index contributed by atoms with van der Waals surface area (Å²) in [6, 6.07) is 6.45. The molecule has 0 unspecified atom stereocenters. The van der Waals surface area contributed by atoms with Crippen LogP contribution in [-0.4, -0.2) is 34.0 Å². The predicted octanol–water partition coefficient (Wildman–Crippen LogP) is 0.991. The van der Waals surface area contributed by atoms with Gasteiger partial charge in [-0.25, -0.2) is 4.79 Å². The molecule has 0 spiro atoms. The third kappa shape index (κ3) is 4.38. The molecule has 17 heavy (non-hydrogen) atoms. The first-order chi connectivity index (χ1) is 7.99. The maximum atomic E-state index is 11.4. The van der Waals surface area contributed by atoms with E-state index < -0.39 is 5.97 Å². The summed E-state index contributed by atoms with van der Waals surface area (Å²) in [5, 5.41) is 17.5. The Bertz CT molecular complexity index is 436. The van der Waals surface area contributed by atoms with Gasteiger partial charge in [0.15, 0.2) is 0 Å². The average Bonchev–Trinajstić information content (AvgIpc) is 2.28. The number of phenolic OH excluding ortho intramolecular Hbond substituents is 1. The molecule has 0 fully saturated rings. The normalized spacial score (nSPS) is 10.4. The van der Waals surface area contributed by atoms with Crippen molar-refractivity contribution in [2.24, 2.45) is 0 Å². The molecule has 1 aromatic carbocycles. The Morgan fingerprint density at radius 1 is 1.24 bits per heavy atom. The average molecular weight is 235 g/mol. The topological polar surface area (TPSA) is 77.8 Å². The lowest BCUT2D eigenvalue weighted by molar-refractivity contribution is -0.132. The summed E-state index contributed by atoms with van der Waals surface area (Å²) < 4.78 is 0. The number of carbonyl (C=O) groups is 2. The van der Waals surface area contributed by atoms with Gasteiger partial charge in [0.25, 0.3) is 0 Å². The molecular weight excluding hydrogens is 222 g/mol. The molecule has 0 bridgehead atoms. The number of carboxylic acids is 1. The molecule has 1 rings (SSSR count). The second kappa shape index (κ2) is 5.69. The Balaban J connectivity index is 2.59. The number of amides is 1. The highest BCUT2D eigenvalue weighted by atomic mass is 16.4. The van der Waals surface area contributed by atoms with E-state index in [1.807, 2.05) is 0 Å². The molecule has 0 radical (unpaired) electrons. The van der Waals surface area contributed by atoms with Crippen molar-refractivity contribution in [1.82, 2.24) is 4.90 Å². The fourth-order valence-electron chi connectivity index (χ4n) is 1.22. The van der Waals surface area contributed by atoms with Gasteiger partial charge in [0.1, 0.15) is 5.75 Å². The molecule has 5 heteroatoms. The number of aromatic hydroxyl groups is 1. The van der Waals surface area contributed by atoms with Gasteiger partial charge in [0.2, 0.25) is 5.91 Å². The van der Waals surface area contributed by atoms with Crippen molar-refractivity contribution >= 4 is 11.9 Å². The van der Waals surface area contributed by atoms with Crippen LogP contribution in [0, 0.1) is 0 Å². The molecule has 0 aliphatic rings. The fourth-order valence-corrected chi connectivity index (χ4v) is 1.22. The minimum absolute atomic E-state index is 0.161. The van der Waals surface area contributed by atoms with E-state index in [2.05, 4.69) is 0 Å². The number of carbonyl (C=O) groups excluding carboxylic acids is 1. The van der Waals surface area contributed by atoms with Gasteiger partial charge in [-0.2, -0.15) is 0 Å². The van der Waals surface area contributed by atoms with Crippen molar-refractivity contribution < 1.29 is 19.8 Å². The SMILES string of the molecule is CN(Cc1ccc(O)cc1)C(=O)/C=C/C(=O)O. The molecule has 2 N–H and O–H groups in total. The minimum atomic E-state index is -1.16. The van der Waals surface area contributed by atoms with Crippen molar-refractivity contribution in [2.75, 3.05) is 7.05 Å². The molecule has 1 amide bonds. The zero-order valence-corrected chi connectivity index (χ0v) is 9.33. The zero-order valence-electron chi connectivity index (χ0n) is 9.33. The van der Waals surface area contributed by atoms with Crippen LogP contribution in [0.5, 0.6) is 5.75 Å². The van der Waals surface area contributed by atoms with E-state index >= 15 is 0 Å². The molecular formula is C12H13NO4. The van der Waals surface area contributed by atoms with Gasteiger partial charge in [0.05, 0.1) is 0 Å². The maximum Gasteiger partial charge on any atom is 0.328 e. The Hall–Kier alpha value is -2.30. The maximum absolute atomic E-state index is 11.4. The van der Waals surface area contributed by atoms with Crippen LogP contribution >= 0.6 is 0 Å². The van der Waals surface area contributed by atoms with Gasteiger partial charge < -0.3 is 15.1 Å². The molecule has 0 aromatic heterocycles. The van der Waals surface area contributed by atoms with Crippen LogP contribution in [0.15, 0.2) is 36.4 Å². The quantitative estimate of drug-likeness (QED) is 0.763. The predicted molar refractivity (Wildman–Crippen MR) is 61.4 cm³/mol. The summed E-state index contributed by atoms with van der Waals surface area (Å²) >= 11 is 0. The van der Waals surface area contributed by atoms with Crippen LogP contribution < -0.4 is 0 Å². The Labute approximate surface area is 98.6 Å². The van der Waals surface area contributed by atoms with Crippen LogP contribution in [0.1, 0.15) is 5.56 Å². The van der Waals surface area contributed by atoms with Crippen molar-refractivity contribution in [3.05, 3.63) is 42.0 Å². The molecule has 0 saturated carbocycles. The van der Waals surface area contributed by atoms with E-state index in [0.29, 0.717) is 6.54 Å². The molecule has 0 saturated heterocycles. The fraction of sp³-hybridized carbons (Fsp3) is 0.167. The van der Waals surface area contributed by atoms with Crippen molar-refractivity contribution in [2.45, 2.75) is 6.54 Å². The standard InChI is InChI=1S/C12H13NO4/c1-13(11(15)6-7-12(16)17)8-9-2-4-10(14)5-3-9/h2-7,14H,8H2,1H3,(H,16,17)/b7-6+. The summed E-state index contributed by atoms with van der Waals surface area (Å²) in [6.07, 6.45) is 1.80. The van der Waals surface area contributed by atoms with E-state index in [1.54, 1.807) is 19.2 Å². The largest absolute Gasteiger partial charge is 0.508 e. The number of benzene rings is 1. The molecule has 1 aromatic rings. The first-order valence-electron chi connectivity index (χ1n) is 4.93. The van der Waals surface area contributed by atoms with Crippen molar-refractivity contribution in [3.8, 4) is 5.75 Å². The minimum Gasteiger partial charge on any atom is -0.508 e. The number of hydrogen-bond donors (Lipinski definition) is 2. The second-order valence-electron chi connectivity index (χ2n) is 3.53. The van der Waals surface area contributed by atoms with Gasteiger partial charge in [-0.05, 0) is 17.7 Å². The summed E-state index contributed by atoms with van der Waals surface area (Å²) in [6.45, 7) is 0.350. The van der Waals surface area contributed by atoms with Gasteiger partial charge in [-0.15, -0.1) is 0 Å². The summed E-state index contributed by atoms with van der Waals surface area (Å²) in [5.41, 5.74) is 0.849. The lowest BCUT2D eigenvalue weighted by atomic mass is 10.2. The van der Waals surface area contributed by atoms with Gasteiger partial charge in [-0.1, -0.05) is 12.1 Å². The van der Waals surface area contributed by atoms with Crippen LogP contribution in [0.2, 0.25) is 0 Å². The van der Waals surface area contributed by atoms with E-state index in [4.69, 9.17) is 10.2 Å². The zero-order chi connectivity index (χ0) is 12.8. The number of phenols is 1. The Kier molecular flexibility index (Phi) is 4.28. The van der Waals surface area contributed by atoms with Crippen LogP contribution in [-0.2, 0) is 16.1 Å². The van der Waals surface area contributed by atoms with Crippen molar-refractivity contribution in [3.63, 3.8) is 0 Å². The van der Waals surface area contributed by atoms with Crippen LogP contribution in [0.25, 0.3) is 0 Å². The summed E-state index contributed by atoms with van der Waals surface area (Å²) in [7, 11) is 1.57. The molecule has 5 nitrogen and oxygen atoms in total. The van der Waals surface area contributed by atoms with Crippen LogP contribution in [0.4, 0.5) is 0 Å². The Morgan fingerprint density at radius 2 is 1.82 bits per heavy atom. The number of nitrogens with zero attached hydrogens (tertiary/aromatic N) is 1. The third-order valence-corrected chi connectivity index (χ3v) is 2.10. The molecule has 0 atom stereocenters. The van der Waals surface area contributed by atoms with Gasteiger partial charge in [0, 0.05) is 25.7 Å². The monoisotopic (exact) mass is 235 g/mol. The van der Waals surface area contributed by atoms with E-state index in [9.17, 15) is 9.59 Å². The highest BCUT2D eigenvalue weighted by Crippen LogP contribution is 2.11. The van der Waals surface area contributed by atoms with Crippen molar-refractivity contribution in [1.29, 1.82) is 0 Å². The van der Waals surface area contributed by atoms with Gasteiger partial charge in [-0.3, -0.25) is 4.79 Å². The molecule has 0 aliphatic heterocycles. The highest BCUT2D eigenvalue weighted by molar-refractivity contribution is 5.93. The summed E-state index contributed by atoms with van der Waals surface area (Å²) in [5.74, 6) is -1.38. The lowest BCUT2D eigenvalue weighted by Gasteiger charge is -2.14. The number of aliphatic carboxylic acids is 1. The number of likely N-dealkylation sites (N-methyl/N-ethyl adjacent to an activating group) is 1. The Morgan fingerprint density at radius 3 is 2.35 bits per heavy atom. The number of hydrogen-bond acceptors (Lipinski definition) is 3. The molecule has 0 heterocycles. The van der Waals surface area contributed by atoms with E-state index in [1.165, 1.54) is 17.0 Å². The first-order valence-corrected chi connectivity index (χ1v) is 4.93. The van der Waals surface area contributed by atoms with Gasteiger partial charge >= 0.3 is 5.97 Å².